The number of hydrogen-bond acceptors (Lipinski definition) is 8. The number of anilines is 2. The molecule has 0 spiro atoms. The van der Waals surface area contributed by atoms with Gasteiger partial charge in [-0.2, -0.15) is 23.1 Å². The Morgan fingerprint density at radius 3 is 2.72 bits per heavy atom. The molecule has 8 rings (SSSR count). The molecule has 4 aliphatic heterocycles. The van der Waals surface area contributed by atoms with Crippen LogP contribution in [0.25, 0.3) is 22.2 Å². The van der Waals surface area contributed by atoms with Gasteiger partial charge in [-0.25, -0.2) is 13.8 Å². The van der Waals surface area contributed by atoms with Gasteiger partial charge in [-0.3, -0.25) is 4.90 Å². The van der Waals surface area contributed by atoms with E-state index in [1.165, 1.54) is 13.0 Å². The van der Waals surface area contributed by atoms with Crippen LogP contribution in [0.15, 0.2) is 24.0 Å². The summed E-state index contributed by atoms with van der Waals surface area (Å²) >= 11 is 6.67. The summed E-state index contributed by atoms with van der Waals surface area (Å²) in [7, 11) is 0. The second-order valence-corrected chi connectivity index (χ2v) is 14.4. The zero-order valence-corrected chi connectivity index (χ0v) is 26.6. The largest absolute Gasteiger partial charge is 0.461 e. The van der Waals surface area contributed by atoms with Gasteiger partial charge in [0.25, 0.3) is 0 Å². The number of halogens is 6. The Labute approximate surface area is 273 Å². The van der Waals surface area contributed by atoms with E-state index in [4.69, 9.17) is 27.1 Å². The van der Waals surface area contributed by atoms with Gasteiger partial charge in [0.2, 0.25) is 0 Å². The molecule has 2 aromatic heterocycles. The number of fused-ring (bicyclic) bond motifs is 4. The molecule has 3 N–H and O–H groups in total. The first-order chi connectivity index (χ1) is 22.4. The lowest BCUT2D eigenvalue weighted by molar-refractivity contribution is -0.137. The summed E-state index contributed by atoms with van der Waals surface area (Å²) in [5.74, 6) is -0.311. The van der Waals surface area contributed by atoms with Gasteiger partial charge < -0.3 is 20.7 Å². The Bertz CT molecular complexity index is 1820. The van der Waals surface area contributed by atoms with Crippen molar-refractivity contribution in [1.29, 1.82) is 0 Å². The molecule has 0 unspecified atom stereocenters. The molecular weight excluding hydrogens is 641 g/mol. The Kier molecular flexibility index (Phi) is 7.17. The zero-order valence-electron chi connectivity index (χ0n) is 25.9. The van der Waals surface area contributed by atoms with Crippen LogP contribution in [0, 0.1) is 18.7 Å². The van der Waals surface area contributed by atoms with Crippen molar-refractivity contribution >= 4 is 34.1 Å². The Balaban J connectivity index is 1.27. The Hall–Kier alpha value is -3.29. The highest BCUT2D eigenvalue weighted by Gasteiger charge is 2.53. The molecule has 0 radical (unpaired) electrons. The van der Waals surface area contributed by atoms with Gasteiger partial charge in [-0.15, -0.1) is 0 Å². The Morgan fingerprint density at radius 2 is 1.98 bits per heavy atom. The first-order valence-electron chi connectivity index (χ1n) is 16.1. The number of nitrogen functional groups attached to an aromatic ring is 1. The van der Waals surface area contributed by atoms with Crippen molar-refractivity contribution in [1.82, 2.24) is 25.2 Å². The molecule has 47 heavy (non-hydrogen) atoms. The van der Waals surface area contributed by atoms with Crippen LogP contribution in [-0.4, -0.2) is 69.8 Å². The molecule has 6 heterocycles. The van der Waals surface area contributed by atoms with Crippen LogP contribution >= 0.6 is 11.6 Å². The van der Waals surface area contributed by atoms with Crippen LogP contribution in [0.3, 0.4) is 0 Å². The first-order valence-corrected chi connectivity index (χ1v) is 16.5. The van der Waals surface area contributed by atoms with E-state index in [1.807, 2.05) is 0 Å². The van der Waals surface area contributed by atoms with E-state index in [2.05, 4.69) is 25.1 Å². The molecule has 1 saturated carbocycles. The van der Waals surface area contributed by atoms with E-state index in [1.54, 1.807) is 0 Å². The molecular formula is C33H35ClF5N7O. The molecule has 5 fully saturated rings. The highest BCUT2D eigenvalue weighted by atomic mass is 35.5. The van der Waals surface area contributed by atoms with E-state index in [-0.39, 0.29) is 51.5 Å². The minimum absolute atomic E-state index is 0.0869. The first kappa shape index (κ1) is 31.0. The topological polar surface area (TPSA) is 92.4 Å². The number of nitrogens with two attached hydrogens (primary N) is 1. The minimum Gasteiger partial charge on any atom is -0.461 e. The van der Waals surface area contributed by atoms with Gasteiger partial charge in [0, 0.05) is 36.6 Å². The number of nitrogens with zero attached hydrogens (tertiary/aromatic N) is 5. The fourth-order valence-corrected chi connectivity index (χ4v) is 9.02. The van der Waals surface area contributed by atoms with Crippen LogP contribution in [0.1, 0.15) is 56.1 Å². The van der Waals surface area contributed by atoms with Gasteiger partial charge in [-0.1, -0.05) is 11.6 Å². The summed E-state index contributed by atoms with van der Waals surface area (Å²) in [6, 6.07) is 2.63. The number of rotatable bonds is 6. The van der Waals surface area contributed by atoms with Gasteiger partial charge in [0.1, 0.15) is 23.8 Å². The monoisotopic (exact) mass is 675 g/mol. The fraction of sp³-hybridized carbons (Fsp3) is 0.545. The lowest BCUT2D eigenvalue weighted by Crippen LogP contribution is -2.61. The summed E-state index contributed by atoms with van der Waals surface area (Å²) in [6.45, 7) is 3.97. The van der Waals surface area contributed by atoms with Gasteiger partial charge >= 0.3 is 12.2 Å². The summed E-state index contributed by atoms with van der Waals surface area (Å²) in [6.07, 6.45) is 2.33. The third-order valence-corrected chi connectivity index (χ3v) is 11.2. The van der Waals surface area contributed by atoms with Crippen molar-refractivity contribution in [2.75, 3.05) is 43.4 Å². The molecule has 3 atom stereocenters. The maximum absolute atomic E-state index is 16.8. The summed E-state index contributed by atoms with van der Waals surface area (Å²) in [5, 5.41) is 3.84. The smallest absolute Gasteiger partial charge is 0.418 e. The number of aryl methyl sites for hydroxylation is 1. The molecule has 5 aliphatic rings. The van der Waals surface area contributed by atoms with Crippen molar-refractivity contribution in [3.63, 3.8) is 0 Å². The fourth-order valence-electron chi connectivity index (χ4n) is 8.73. The number of alkyl halides is 3. The highest BCUT2D eigenvalue weighted by Crippen LogP contribution is 2.50. The number of nitrogens with one attached hydrogen (secondary N) is 1. The van der Waals surface area contributed by atoms with Crippen LogP contribution in [0.5, 0.6) is 6.01 Å². The van der Waals surface area contributed by atoms with Gasteiger partial charge in [0.05, 0.1) is 33.7 Å². The molecule has 2 bridgehead atoms. The Morgan fingerprint density at radius 1 is 1.17 bits per heavy atom. The standard InChI is InChI=1S/C33H35ClF5N7O/c1-17-9-23(40)41-28(25(17)33(37,38)39)24-22(34)10-21-27(26(24)36)42-30(47-16-31-6-2-8-46(31)13-18(11-31)12-35)43-29(21)45-14-20-5-7-32(15-45,44-20)19-3-4-19/h9-10,12,19-20,44H,2-8,11,13-16H2,1H3,(H2,40,41)/b18-12-/t20-,31-,32+/m0/s1. The second kappa shape index (κ2) is 10.9. The number of piperazine rings is 1. The third-order valence-electron chi connectivity index (χ3n) is 10.9. The summed E-state index contributed by atoms with van der Waals surface area (Å²) in [4.78, 5) is 17.5. The quantitative estimate of drug-likeness (QED) is 0.283. The molecule has 4 saturated heterocycles. The molecule has 3 aromatic rings. The zero-order chi connectivity index (χ0) is 32.9. The van der Waals surface area contributed by atoms with Crippen molar-refractivity contribution in [2.24, 2.45) is 5.92 Å². The van der Waals surface area contributed by atoms with Gasteiger partial charge in [0.15, 0.2) is 5.82 Å². The predicted octanol–water partition coefficient (Wildman–Crippen LogP) is 6.59. The number of ether oxygens (including phenoxy) is 1. The maximum atomic E-state index is 16.8. The van der Waals surface area contributed by atoms with Crippen molar-refractivity contribution in [3.8, 4) is 17.3 Å². The SMILES string of the molecule is Cc1cc(N)nc(-c2c(Cl)cc3c(N4C[C@@H]5CC[C@](C6CC6)(C4)N5)nc(OC[C@@]45CCCN4C/C(=C\F)C5)nc3c2F)c1C(F)(F)F. The van der Waals surface area contributed by atoms with Crippen molar-refractivity contribution in [3.05, 3.63) is 46.0 Å². The third kappa shape index (κ3) is 5.11. The number of pyridine rings is 1. The number of hydrogen-bond donors (Lipinski definition) is 2. The average Bonchev–Trinajstić information content (AvgIpc) is 3.62. The van der Waals surface area contributed by atoms with E-state index in [0.29, 0.717) is 49.7 Å². The maximum Gasteiger partial charge on any atom is 0.418 e. The predicted molar refractivity (Wildman–Crippen MR) is 169 cm³/mol. The molecule has 1 aromatic carbocycles. The van der Waals surface area contributed by atoms with Crippen LogP contribution in [0.4, 0.5) is 33.6 Å². The molecule has 250 valence electrons. The molecule has 8 nitrogen and oxygen atoms in total. The lowest BCUT2D eigenvalue weighted by atomic mass is 9.90. The molecule has 1 aliphatic carbocycles. The van der Waals surface area contributed by atoms with Crippen molar-refractivity contribution < 1.29 is 26.7 Å². The van der Waals surface area contributed by atoms with Crippen LogP contribution in [-0.2, 0) is 6.18 Å². The van der Waals surface area contributed by atoms with Crippen molar-refractivity contribution in [2.45, 2.75) is 75.2 Å². The second-order valence-electron chi connectivity index (χ2n) is 14.0. The molecule has 0 amide bonds. The van der Waals surface area contributed by atoms with E-state index < -0.39 is 34.4 Å². The summed E-state index contributed by atoms with van der Waals surface area (Å²) < 4.78 is 79.6. The van der Waals surface area contributed by atoms with E-state index >= 15 is 4.39 Å². The highest BCUT2D eigenvalue weighted by molar-refractivity contribution is 6.34. The summed E-state index contributed by atoms with van der Waals surface area (Å²) in [5.41, 5.74) is 3.24. The molecule has 14 heteroatoms. The minimum atomic E-state index is -4.85. The number of benzene rings is 1. The normalized spacial score (nSPS) is 28.5. The van der Waals surface area contributed by atoms with E-state index in [9.17, 15) is 17.6 Å². The van der Waals surface area contributed by atoms with E-state index in [0.717, 1.165) is 51.1 Å². The van der Waals surface area contributed by atoms with Crippen LogP contribution in [0.2, 0.25) is 5.02 Å². The number of aromatic nitrogens is 3. The van der Waals surface area contributed by atoms with Crippen LogP contribution < -0.4 is 20.7 Å². The van der Waals surface area contributed by atoms with Gasteiger partial charge in [-0.05, 0) is 87.6 Å². The lowest BCUT2D eigenvalue weighted by Gasteiger charge is -2.42. The average molecular weight is 676 g/mol.